The van der Waals surface area contributed by atoms with Crippen molar-refractivity contribution in [1.82, 2.24) is 0 Å². The predicted molar refractivity (Wildman–Crippen MR) is 59.1 cm³/mol. The second kappa shape index (κ2) is 3.37. The van der Waals surface area contributed by atoms with Crippen LogP contribution in [-0.4, -0.2) is 20.9 Å². The fraction of sp³-hybridized carbons (Fsp3) is 0.300. The quantitative estimate of drug-likeness (QED) is 0.772. The topological polar surface area (TPSA) is 41.8 Å². The maximum Gasteiger partial charge on any atom is 0.270 e. The van der Waals surface area contributed by atoms with Crippen molar-refractivity contribution in [2.24, 2.45) is 5.16 Å². The fourth-order valence-electron chi connectivity index (χ4n) is 1.30. The van der Waals surface area contributed by atoms with Gasteiger partial charge in [-0.05, 0) is 0 Å². The van der Waals surface area contributed by atoms with Gasteiger partial charge in [0.15, 0.2) is 0 Å². The molecule has 0 radical (unpaired) electrons. The molecule has 0 amide bonds. The number of aliphatic hydroxyl groups is 1. The molecule has 1 atom stereocenters. The highest BCUT2D eigenvalue weighted by Gasteiger charge is 2.56. The summed E-state index contributed by atoms with van der Waals surface area (Å²) < 4.78 is -1.56. The van der Waals surface area contributed by atoms with E-state index in [1.54, 1.807) is 12.1 Å². The van der Waals surface area contributed by atoms with Gasteiger partial charge in [-0.2, -0.15) is 0 Å². The lowest BCUT2D eigenvalue weighted by atomic mass is 10.0. The van der Waals surface area contributed by atoms with Gasteiger partial charge in [0, 0.05) is 12.5 Å². The molecule has 0 spiro atoms. The second-order valence-corrected chi connectivity index (χ2v) is 4.78. The van der Waals surface area contributed by atoms with E-state index in [1.165, 1.54) is 6.92 Å². The molecular formula is C10H9Cl2NO2. The van der Waals surface area contributed by atoms with E-state index in [1.807, 2.05) is 18.2 Å². The van der Waals surface area contributed by atoms with Crippen molar-refractivity contribution in [3.8, 4) is 0 Å². The first-order valence-corrected chi connectivity index (χ1v) is 5.13. The monoisotopic (exact) mass is 245 g/mol. The molecule has 0 saturated carbocycles. The summed E-state index contributed by atoms with van der Waals surface area (Å²) in [6.45, 7) is 1.37. The molecule has 1 aliphatic heterocycles. The molecule has 80 valence electrons. The molecular weight excluding hydrogens is 237 g/mol. The Bertz CT molecular complexity index is 401. The van der Waals surface area contributed by atoms with Crippen LogP contribution in [0.5, 0.6) is 0 Å². The average Bonchev–Trinajstić information content (AvgIpc) is 2.39. The highest BCUT2D eigenvalue weighted by atomic mass is 35.5. The van der Waals surface area contributed by atoms with E-state index in [2.05, 4.69) is 5.16 Å². The molecule has 3 nitrogen and oxygen atoms in total. The molecule has 1 aliphatic rings. The van der Waals surface area contributed by atoms with Crippen LogP contribution in [0.15, 0.2) is 35.5 Å². The summed E-state index contributed by atoms with van der Waals surface area (Å²) >= 11 is 12.0. The van der Waals surface area contributed by atoms with Gasteiger partial charge in [0.05, 0.1) is 0 Å². The van der Waals surface area contributed by atoms with Gasteiger partial charge in [0.25, 0.3) is 5.79 Å². The number of nitrogens with zero attached hydrogens (tertiary/aromatic N) is 1. The Morgan fingerprint density at radius 1 is 1.27 bits per heavy atom. The maximum absolute atomic E-state index is 9.75. The Morgan fingerprint density at radius 2 is 1.87 bits per heavy atom. The van der Waals surface area contributed by atoms with Crippen LogP contribution in [0.3, 0.4) is 0 Å². The normalized spacial score (nSPS) is 28.4. The van der Waals surface area contributed by atoms with E-state index in [0.717, 1.165) is 5.56 Å². The molecule has 1 aromatic carbocycles. The molecule has 15 heavy (non-hydrogen) atoms. The van der Waals surface area contributed by atoms with Gasteiger partial charge < -0.3 is 9.94 Å². The van der Waals surface area contributed by atoms with Crippen molar-refractivity contribution >= 4 is 28.9 Å². The molecule has 1 unspecified atom stereocenters. The molecule has 0 aromatic heterocycles. The number of hydrogen-bond acceptors (Lipinski definition) is 3. The van der Waals surface area contributed by atoms with Gasteiger partial charge >= 0.3 is 0 Å². The molecule has 0 bridgehead atoms. The van der Waals surface area contributed by atoms with Gasteiger partial charge in [0.2, 0.25) is 4.33 Å². The zero-order valence-corrected chi connectivity index (χ0v) is 9.46. The van der Waals surface area contributed by atoms with Crippen molar-refractivity contribution in [2.45, 2.75) is 17.0 Å². The molecule has 1 heterocycles. The lowest BCUT2D eigenvalue weighted by molar-refractivity contribution is -0.174. The Hall–Kier alpha value is -0.770. The minimum absolute atomic E-state index is 0.316. The smallest absolute Gasteiger partial charge is 0.270 e. The van der Waals surface area contributed by atoms with Gasteiger partial charge in [-0.15, -0.1) is 0 Å². The van der Waals surface area contributed by atoms with Crippen molar-refractivity contribution in [3.05, 3.63) is 35.9 Å². The lowest BCUT2D eigenvalue weighted by Gasteiger charge is -2.25. The fourth-order valence-corrected chi connectivity index (χ4v) is 1.66. The number of hydrogen-bond donors (Lipinski definition) is 1. The first-order valence-electron chi connectivity index (χ1n) is 4.37. The summed E-state index contributed by atoms with van der Waals surface area (Å²) in [5.41, 5.74) is 1.04. The van der Waals surface area contributed by atoms with Crippen molar-refractivity contribution in [1.29, 1.82) is 0 Å². The van der Waals surface area contributed by atoms with Gasteiger partial charge in [0.1, 0.15) is 5.71 Å². The van der Waals surface area contributed by atoms with Crippen molar-refractivity contribution in [2.75, 3.05) is 0 Å². The minimum Gasteiger partial charge on any atom is -0.357 e. The minimum atomic E-state index is -1.71. The molecule has 0 fully saturated rings. The molecule has 5 heteroatoms. The van der Waals surface area contributed by atoms with Crippen molar-refractivity contribution < 1.29 is 9.94 Å². The SMILES string of the molecule is CC1(O)ON=C(c2ccccc2)C1(Cl)Cl. The predicted octanol–water partition coefficient (Wildman–Crippen LogP) is 2.30. The molecule has 0 saturated heterocycles. The number of benzene rings is 1. The Morgan fingerprint density at radius 3 is 2.33 bits per heavy atom. The lowest BCUT2D eigenvalue weighted by Crippen LogP contribution is -2.45. The molecule has 2 rings (SSSR count). The van der Waals surface area contributed by atoms with Crippen LogP contribution in [0.2, 0.25) is 0 Å². The maximum atomic E-state index is 9.75. The number of alkyl halides is 2. The molecule has 1 N–H and O–H groups in total. The van der Waals surface area contributed by atoms with Crippen LogP contribution in [0.25, 0.3) is 0 Å². The average molecular weight is 246 g/mol. The number of halogens is 2. The first-order chi connectivity index (χ1) is 6.95. The standard InChI is InChI=1S/C10H9Cl2NO2/c1-9(14)10(11,12)8(13-15-9)7-5-3-2-4-6-7/h2-6,14H,1H3. The largest absolute Gasteiger partial charge is 0.357 e. The third-order valence-electron chi connectivity index (χ3n) is 2.24. The van der Waals surface area contributed by atoms with E-state index in [4.69, 9.17) is 28.0 Å². The van der Waals surface area contributed by atoms with E-state index in [-0.39, 0.29) is 0 Å². The summed E-state index contributed by atoms with van der Waals surface area (Å²) in [4.78, 5) is 4.80. The summed E-state index contributed by atoms with van der Waals surface area (Å²) in [6, 6.07) is 9.11. The third-order valence-corrected chi connectivity index (χ3v) is 3.30. The second-order valence-electron chi connectivity index (χ2n) is 3.45. The summed E-state index contributed by atoms with van der Waals surface area (Å²) in [6.07, 6.45) is 0. The summed E-state index contributed by atoms with van der Waals surface area (Å²) in [5.74, 6) is -1.71. The first kappa shape index (κ1) is 10.7. The van der Waals surface area contributed by atoms with Gasteiger partial charge in [-0.3, -0.25) is 0 Å². The van der Waals surface area contributed by atoms with E-state index < -0.39 is 10.1 Å². The van der Waals surface area contributed by atoms with Crippen LogP contribution in [-0.2, 0) is 4.84 Å². The van der Waals surface area contributed by atoms with Gasteiger partial charge in [-0.25, -0.2) is 0 Å². The zero-order chi connectivity index (χ0) is 11.1. The number of oxime groups is 1. The van der Waals surface area contributed by atoms with E-state index in [0.29, 0.717) is 5.71 Å². The molecule has 0 aliphatic carbocycles. The highest BCUT2D eigenvalue weighted by molar-refractivity contribution is 6.61. The Balaban J connectivity index is 2.42. The highest BCUT2D eigenvalue weighted by Crippen LogP contribution is 2.42. The summed E-state index contributed by atoms with van der Waals surface area (Å²) in [5, 5.41) is 13.5. The van der Waals surface area contributed by atoms with Crippen LogP contribution >= 0.6 is 23.2 Å². The van der Waals surface area contributed by atoms with Crippen LogP contribution in [0.4, 0.5) is 0 Å². The van der Waals surface area contributed by atoms with Crippen LogP contribution in [0, 0.1) is 0 Å². The molecule has 1 aromatic rings. The number of rotatable bonds is 1. The Labute approximate surface area is 97.2 Å². The van der Waals surface area contributed by atoms with E-state index >= 15 is 0 Å². The van der Waals surface area contributed by atoms with Crippen molar-refractivity contribution in [3.63, 3.8) is 0 Å². The van der Waals surface area contributed by atoms with Gasteiger partial charge in [-0.1, -0.05) is 58.7 Å². The Kier molecular flexibility index (Phi) is 2.41. The summed E-state index contributed by atoms with van der Waals surface area (Å²) in [7, 11) is 0. The van der Waals surface area contributed by atoms with Crippen LogP contribution < -0.4 is 0 Å². The third kappa shape index (κ3) is 1.61. The van der Waals surface area contributed by atoms with E-state index in [9.17, 15) is 5.11 Å². The zero-order valence-electron chi connectivity index (χ0n) is 7.95. The van der Waals surface area contributed by atoms with Crippen LogP contribution in [0.1, 0.15) is 12.5 Å².